The van der Waals surface area contributed by atoms with Crippen molar-refractivity contribution in [3.63, 3.8) is 0 Å². The number of nitrogen functional groups attached to an aromatic ring is 1. The number of aliphatic hydroxyl groups is 1. The maximum Gasteiger partial charge on any atom is 0.127 e. The molecule has 0 aliphatic carbocycles. The molecule has 17 heavy (non-hydrogen) atoms. The van der Waals surface area contributed by atoms with Gasteiger partial charge in [0.2, 0.25) is 0 Å². The van der Waals surface area contributed by atoms with Crippen molar-refractivity contribution in [2.45, 2.75) is 19.1 Å². The zero-order valence-electron chi connectivity index (χ0n) is 9.77. The minimum absolute atomic E-state index is 0.0337. The largest absolute Gasteiger partial charge is 0.399 e. The number of ether oxygens (including phenoxy) is 1. The fraction of sp³-hybridized carbons (Fsp3) is 0.500. The molecular formula is C12H17FN2O2. The van der Waals surface area contributed by atoms with Crippen molar-refractivity contribution in [1.29, 1.82) is 0 Å². The number of benzene rings is 1. The summed E-state index contributed by atoms with van der Waals surface area (Å²) in [7, 11) is 0. The van der Waals surface area contributed by atoms with Crippen LogP contribution < -0.4 is 10.6 Å². The van der Waals surface area contributed by atoms with E-state index in [4.69, 9.17) is 15.6 Å². The first kappa shape index (κ1) is 12.1. The van der Waals surface area contributed by atoms with E-state index in [2.05, 4.69) is 0 Å². The Morgan fingerprint density at radius 1 is 1.53 bits per heavy atom. The van der Waals surface area contributed by atoms with Gasteiger partial charge < -0.3 is 20.5 Å². The second kappa shape index (κ2) is 4.89. The lowest BCUT2D eigenvalue weighted by Crippen LogP contribution is -2.49. The topological polar surface area (TPSA) is 58.7 Å². The van der Waals surface area contributed by atoms with Gasteiger partial charge in [0.15, 0.2) is 0 Å². The summed E-state index contributed by atoms with van der Waals surface area (Å²) in [5.41, 5.74) is 6.77. The Balaban J connectivity index is 2.24. The number of aliphatic hydroxyl groups excluding tert-OH is 1. The van der Waals surface area contributed by atoms with Crippen LogP contribution in [0.25, 0.3) is 0 Å². The fourth-order valence-electron chi connectivity index (χ4n) is 2.05. The summed E-state index contributed by atoms with van der Waals surface area (Å²) < 4.78 is 18.7. The van der Waals surface area contributed by atoms with Crippen molar-refractivity contribution in [3.8, 4) is 0 Å². The number of hydrogen-bond acceptors (Lipinski definition) is 4. The minimum Gasteiger partial charge on any atom is -0.399 e. The number of nitrogens with zero attached hydrogens (tertiary/aromatic N) is 1. The Morgan fingerprint density at radius 3 is 2.94 bits per heavy atom. The van der Waals surface area contributed by atoms with E-state index >= 15 is 0 Å². The van der Waals surface area contributed by atoms with E-state index in [9.17, 15) is 4.39 Å². The number of anilines is 2. The zero-order valence-corrected chi connectivity index (χ0v) is 9.77. The Hall–Kier alpha value is -1.33. The summed E-state index contributed by atoms with van der Waals surface area (Å²) in [6.07, 6.45) is -0.226. The summed E-state index contributed by atoms with van der Waals surface area (Å²) >= 11 is 0. The van der Waals surface area contributed by atoms with Gasteiger partial charge >= 0.3 is 0 Å². The summed E-state index contributed by atoms with van der Waals surface area (Å²) in [4.78, 5) is 2.00. The molecule has 0 saturated carbocycles. The number of rotatable bonds is 2. The van der Waals surface area contributed by atoms with Crippen LogP contribution in [0.3, 0.4) is 0 Å². The highest BCUT2D eigenvalue weighted by atomic mass is 19.1. The van der Waals surface area contributed by atoms with E-state index in [0.717, 1.165) is 5.69 Å². The summed E-state index contributed by atoms with van der Waals surface area (Å²) in [6, 6.07) is 4.61. The molecule has 4 nitrogen and oxygen atoms in total. The molecule has 2 atom stereocenters. The fourth-order valence-corrected chi connectivity index (χ4v) is 2.05. The van der Waals surface area contributed by atoms with Gasteiger partial charge in [-0.3, -0.25) is 0 Å². The molecule has 1 saturated heterocycles. The number of halogens is 1. The van der Waals surface area contributed by atoms with Crippen LogP contribution in [0.4, 0.5) is 15.8 Å². The lowest BCUT2D eigenvalue weighted by atomic mass is 10.1. The molecule has 5 heteroatoms. The zero-order chi connectivity index (χ0) is 12.4. The van der Waals surface area contributed by atoms with E-state index in [1.165, 1.54) is 12.1 Å². The number of nitrogens with two attached hydrogens (primary N) is 1. The molecule has 0 spiro atoms. The smallest absolute Gasteiger partial charge is 0.127 e. The molecule has 1 aromatic rings. The third kappa shape index (κ3) is 2.68. The van der Waals surface area contributed by atoms with Crippen molar-refractivity contribution < 1.29 is 14.2 Å². The average molecular weight is 240 g/mol. The highest BCUT2D eigenvalue weighted by Crippen LogP contribution is 2.25. The second-order valence-electron chi connectivity index (χ2n) is 4.38. The molecule has 0 aromatic heterocycles. The number of morpholine rings is 1. The van der Waals surface area contributed by atoms with Crippen molar-refractivity contribution in [3.05, 3.63) is 24.0 Å². The van der Waals surface area contributed by atoms with E-state index in [-0.39, 0.29) is 24.6 Å². The van der Waals surface area contributed by atoms with Crippen LogP contribution in [0, 0.1) is 5.82 Å². The Morgan fingerprint density at radius 2 is 2.29 bits per heavy atom. The van der Waals surface area contributed by atoms with Gasteiger partial charge in [-0.15, -0.1) is 0 Å². The van der Waals surface area contributed by atoms with Crippen LogP contribution in [-0.4, -0.2) is 37.0 Å². The SMILES string of the molecule is CC1COC(CO)CN1c1cc(N)cc(F)c1. The summed E-state index contributed by atoms with van der Waals surface area (Å²) in [6.45, 7) is 3.02. The molecule has 3 N–H and O–H groups in total. The molecular weight excluding hydrogens is 223 g/mol. The second-order valence-corrected chi connectivity index (χ2v) is 4.38. The van der Waals surface area contributed by atoms with Gasteiger partial charge in [-0.05, 0) is 25.1 Å². The van der Waals surface area contributed by atoms with Crippen molar-refractivity contribution >= 4 is 11.4 Å². The highest BCUT2D eigenvalue weighted by Gasteiger charge is 2.26. The van der Waals surface area contributed by atoms with Crippen LogP contribution in [0.15, 0.2) is 18.2 Å². The third-order valence-corrected chi connectivity index (χ3v) is 2.95. The van der Waals surface area contributed by atoms with E-state index < -0.39 is 0 Å². The standard InChI is InChI=1S/C12H17FN2O2/c1-8-7-17-12(6-16)5-15(8)11-3-9(13)2-10(14)4-11/h2-4,8,12,16H,5-7,14H2,1H3. The van der Waals surface area contributed by atoms with Gasteiger partial charge in [-0.2, -0.15) is 0 Å². The molecule has 0 bridgehead atoms. The predicted octanol–water partition coefficient (Wildman–Crippen LogP) is 0.994. The molecule has 94 valence electrons. The maximum absolute atomic E-state index is 13.3. The van der Waals surface area contributed by atoms with E-state index in [1.807, 2.05) is 11.8 Å². The van der Waals surface area contributed by atoms with Crippen LogP contribution in [0.1, 0.15) is 6.92 Å². The summed E-state index contributed by atoms with van der Waals surface area (Å²) in [5.74, 6) is -0.348. The van der Waals surface area contributed by atoms with Gasteiger partial charge in [-0.25, -0.2) is 4.39 Å². The monoisotopic (exact) mass is 240 g/mol. The van der Waals surface area contributed by atoms with Crippen molar-refractivity contribution in [1.82, 2.24) is 0 Å². The van der Waals surface area contributed by atoms with Crippen LogP contribution in [0.5, 0.6) is 0 Å². The van der Waals surface area contributed by atoms with Gasteiger partial charge in [-0.1, -0.05) is 0 Å². The third-order valence-electron chi connectivity index (χ3n) is 2.95. The quantitative estimate of drug-likeness (QED) is 0.757. The minimum atomic E-state index is -0.348. The normalized spacial score (nSPS) is 25.0. The lowest BCUT2D eigenvalue weighted by molar-refractivity contribution is -0.0103. The van der Waals surface area contributed by atoms with Crippen LogP contribution >= 0.6 is 0 Å². The molecule has 1 aromatic carbocycles. The molecule has 2 unspecified atom stereocenters. The van der Waals surface area contributed by atoms with Gasteiger partial charge in [0.25, 0.3) is 0 Å². The van der Waals surface area contributed by atoms with Crippen molar-refractivity contribution in [2.24, 2.45) is 0 Å². The molecule has 0 radical (unpaired) electrons. The average Bonchev–Trinajstić information content (AvgIpc) is 2.28. The first-order chi connectivity index (χ1) is 8.10. The van der Waals surface area contributed by atoms with Gasteiger partial charge in [0.05, 0.1) is 19.3 Å². The maximum atomic E-state index is 13.3. The molecule has 1 aliphatic rings. The molecule has 1 fully saturated rings. The number of hydrogen-bond donors (Lipinski definition) is 2. The molecule has 1 aliphatic heterocycles. The van der Waals surface area contributed by atoms with Gasteiger partial charge in [0.1, 0.15) is 5.82 Å². The predicted molar refractivity (Wildman–Crippen MR) is 64.4 cm³/mol. The first-order valence-corrected chi connectivity index (χ1v) is 5.65. The molecule has 0 amide bonds. The highest BCUT2D eigenvalue weighted by molar-refractivity contribution is 5.57. The first-order valence-electron chi connectivity index (χ1n) is 5.65. The van der Waals surface area contributed by atoms with Gasteiger partial charge in [0, 0.05) is 24.0 Å². The Bertz CT molecular complexity index is 380. The van der Waals surface area contributed by atoms with E-state index in [1.54, 1.807) is 6.07 Å². The summed E-state index contributed by atoms with van der Waals surface area (Å²) in [5, 5.41) is 9.10. The van der Waals surface area contributed by atoms with Crippen molar-refractivity contribution in [2.75, 3.05) is 30.4 Å². The van der Waals surface area contributed by atoms with Crippen LogP contribution in [0.2, 0.25) is 0 Å². The molecule has 1 heterocycles. The van der Waals surface area contributed by atoms with E-state index in [0.29, 0.717) is 18.8 Å². The Kier molecular flexibility index (Phi) is 3.49. The Labute approximate surface area is 99.8 Å². The van der Waals surface area contributed by atoms with Crippen LogP contribution in [-0.2, 0) is 4.74 Å². The lowest BCUT2D eigenvalue weighted by Gasteiger charge is -2.39. The molecule has 2 rings (SSSR count).